The van der Waals surface area contributed by atoms with E-state index in [-0.39, 0.29) is 18.3 Å². The second kappa shape index (κ2) is 5.17. The van der Waals surface area contributed by atoms with Crippen LogP contribution >= 0.6 is 0 Å². The summed E-state index contributed by atoms with van der Waals surface area (Å²) in [7, 11) is 1.60. The summed E-state index contributed by atoms with van der Waals surface area (Å²) in [5, 5.41) is 12.2. The van der Waals surface area contributed by atoms with E-state index in [1.54, 1.807) is 19.2 Å². The average Bonchev–Trinajstić information content (AvgIpc) is 3.19. The third-order valence-electron chi connectivity index (χ3n) is 3.64. The van der Waals surface area contributed by atoms with Crippen molar-refractivity contribution in [3.05, 3.63) is 29.6 Å². The Morgan fingerprint density at radius 3 is 2.79 bits per heavy atom. The summed E-state index contributed by atoms with van der Waals surface area (Å²) >= 11 is 0. The van der Waals surface area contributed by atoms with Gasteiger partial charge in [-0.1, -0.05) is 6.07 Å². The zero-order chi connectivity index (χ0) is 14.0. The van der Waals surface area contributed by atoms with Crippen LogP contribution in [0.4, 0.5) is 4.39 Å². The van der Waals surface area contributed by atoms with E-state index in [2.05, 4.69) is 5.32 Å². The number of aryl methyl sites for hydroxylation is 1. The van der Waals surface area contributed by atoms with E-state index in [4.69, 9.17) is 4.74 Å². The van der Waals surface area contributed by atoms with E-state index >= 15 is 0 Å². The Bertz CT molecular complexity index is 488. The summed E-state index contributed by atoms with van der Waals surface area (Å²) in [5.74, 6) is -1.29. The molecule has 0 aromatic heterocycles. The van der Waals surface area contributed by atoms with Crippen molar-refractivity contribution in [2.24, 2.45) is 5.92 Å². The van der Waals surface area contributed by atoms with Gasteiger partial charge in [0.15, 0.2) is 17.1 Å². The van der Waals surface area contributed by atoms with Crippen molar-refractivity contribution < 1.29 is 19.0 Å². The lowest BCUT2D eigenvalue weighted by Gasteiger charge is -2.29. The van der Waals surface area contributed by atoms with Gasteiger partial charge in [0.25, 0.3) is 0 Å². The Morgan fingerprint density at radius 1 is 1.58 bits per heavy atom. The van der Waals surface area contributed by atoms with Gasteiger partial charge in [0.05, 0.1) is 0 Å². The lowest BCUT2D eigenvalue weighted by molar-refractivity contribution is -0.147. The number of benzene rings is 1. The molecule has 1 aliphatic carbocycles. The minimum atomic E-state index is -1.13. The van der Waals surface area contributed by atoms with Crippen molar-refractivity contribution >= 4 is 5.97 Å². The number of carbonyl (C=O) groups is 1. The van der Waals surface area contributed by atoms with Crippen LogP contribution < -0.4 is 10.1 Å². The van der Waals surface area contributed by atoms with Gasteiger partial charge in [-0.25, -0.2) is 4.39 Å². The minimum absolute atomic E-state index is 0.0443. The Kier molecular flexibility index (Phi) is 3.75. The number of halogens is 1. The average molecular weight is 267 g/mol. The summed E-state index contributed by atoms with van der Waals surface area (Å²) in [6.45, 7) is 1.75. The maximum absolute atomic E-state index is 13.6. The number of likely N-dealkylation sites (N-methyl/N-ethyl adjacent to an activating group) is 1. The molecule has 4 nitrogen and oxygen atoms in total. The van der Waals surface area contributed by atoms with Gasteiger partial charge in [-0.2, -0.15) is 0 Å². The highest BCUT2D eigenvalue weighted by molar-refractivity contribution is 5.80. The number of rotatable bonds is 6. The monoisotopic (exact) mass is 267 g/mol. The molecule has 1 saturated carbocycles. The standard InChI is InChI=1S/C14H18FNO3/c1-9-3-6-11(15)12(7-9)19-8-14(16-2,13(17)18)10-4-5-10/h3,6-7,10,16H,4-5,8H2,1-2H3,(H,17,18). The topological polar surface area (TPSA) is 58.6 Å². The van der Waals surface area contributed by atoms with Crippen LogP contribution in [0.5, 0.6) is 5.75 Å². The fourth-order valence-corrected chi connectivity index (χ4v) is 2.23. The summed E-state index contributed by atoms with van der Waals surface area (Å²) in [4.78, 5) is 11.5. The zero-order valence-corrected chi connectivity index (χ0v) is 11.1. The molecule has 0 bridgehead atoms. The first-order valence-electron chi connectivity index (χ1n) is 6.31. The minimum Gasteiger partial charge on any atom is -0.488 e. The first-order valence-corrected chi connectivity index (χ1v) is 6.31. The molecule has 2 N–H and O–H groups in total. The Labute approximate surface area is 111 Å². The summed E-state index contributed by atoms with van der Waals surface area (Å²) < 4.78 is 19.0. The summed E-state index contributed by atoms with van der Waals surface area (Å²) in [5.41, 5.74) is -0.260. The third kappa shape index (κ3) is 2.71. The maximum Gasteiger partial charge on any atom is 0.327 e. The molecule has 1 unspecified atom stereocenters. The molecule has 104 valence electrons. The molecule has 1 aromatic carbocycles. The molecular formula is C14H18FNO3. The van der Waals surface area contributed by atoms with Gasteiger partial charge in [0.2, 0.25) is 0 Å². The quantitative estimate of drug-likeness (QED) is 0.827. The predicted octanol–water partition coefficient (Wildman–Crippen LogP) is 1.97. The van der Waals surface area contributed by atoms with Crippen LogP contribution in [0.2, 0.25) is 0 Å². The molecule has 5 heteroatoms. The molecule has 1 fully saturated rings. The highest BCUT2D eigenvalue weighted by Gasteiger charge is 2.51. The molecule has 1 aliphatic rings. The van der Waals surface area contributed by atoms with E-state index in [0.717, 1.165) is 18.4 Å². The number of aliphatic carboxylic acids is 1. The van der Waals surface area contributed by atoms with Gasteiger partial charge in [-0.15, -0.1) is 0 Å². The SMILES string of the molecule is CNC(COc1cc(C)ccc1F)(C(=O)O)C1CC1. The highest BCUT2D eigenvalue weighted by Crippen LogP contribution is 2.40. The smallest absolute Gasteiger partial charge is 0.327 e. The van der Waals surface area contributed by atoms with Crippen molar-refractivity contribution in [1.29, 1.82) is 0 Å². The summed E-state index contributed by atoms with van der Waals surface area (Å²) in [6, 6.07) is 4.54. The second-order valence-electron chi connectivity index (χ2n) is 5.02. The molecule has 1 atom stereocenters. The van der Waals surface area contributed by atoms with Crippen LogP contribution in [0, 0.1) is 18.7 Å². The molecule has 0 spiro atoms. The van der Waals surface area contributed by atoms with E-state index in [9.17, 15) is 14.3 Å². The van der Waals surface area contributed by atoms with Crippen molar-refractivity contribution in [2.75, 3.05) is 13.7 Å². The fraction of sp³-hybridized carbons (Fsp3) is 0.500. The Hall–Kier alpha value is -1.62. The third-order valence-corrected chi connectivity index (χ3v) is 3.64. The predicted molar refractivity (Wildman–Crippen MR) is 68.8 cm³/mol. The van der Waals surface area contributed by atoms with Crippen LogP contribution in [0.15, 0.2) is 18.2 Å². The van der Waals surface area contributed by atoms with Gasteiger partial charge in [-0.05, 0) is 50.4 Å². The van der Waals surface area contributed by atoms with Gasteiger partial charge < -0.3 is 15.2 Å². The lowest BCUT2D eigenvalue weighted by atomic mass is 9.94. The molecule has 2 rings (SSSR count). The molecular weight excluding hydrogens is 249 g/mol. The molecule has 0 radical (unpaired) electrons. The maximum atomic E-state index is 13.6. The molecule has 1 aromatic rings. The molecule has 0 amide bonds. The normalized spacial score (nSPS) is 17.8. The van der Waals surface area contributed by atoms with Crippen LogP contribution in [-0.4, -0.2) is 30.3 Å². The van der Waals surface area contributed by atoms with Crippen molar-refractivity contribution in [3.8, 4) is 5.75 Å². The summed E-state index contributed by atoms with van der Waals surface area (Å²) in [6.07, 6.45) is 1.71. The molecule has 0 heterocycles. The van der Waals surface area contributed by atoms with Gasteiger partial charge in [-0.3, -0.25) is 4.79 Å². The Balaban J connectivity index is 2.15. The first kappa shape index (κ1) is 13.8. The molecule has 0 saturated heterocycles. The fourth-order valence-electron chi connectivity index (χ4n) is 2.23. The van der Waals surface area contributed by atoms with Crippen LogP contribution in [0.1, 0.15) is 18.4 Å². The van der Waals surface area contributed by atoms with Gasteiger partial charge in [0, 0.05) is 0 Å². The van der Waals surface area contributed by atoms with Gasteiger partial charge >= 0.3 is 5.97 Å². The first-order chi connectivity index (χ1) is 8.99. The van der Waals surface area contributed by atoms with Crippen molar-refractivity contribution in [2.45, 2.75) is 25.3 Å². The van der Waals surface area contributed by atoms with E-state index in [1.165, 1.54) is 6.07 Å². The van der Waals surface area contributed by atoms with Crippen LogP contribution in [0.25, 0.3) is 0 Å². The molecule has 0 aliphatic heterocycles. The number of carboxylic acids is 1. The van der Waals surface area contributed by atoms with Gasteiger partial charge in [0.1, 0.15) is 6.61 Å². The van der Waals surface area contributed by atoms with E-state index in [0.29, 0.717) is 0 Å². The largest absolute Gasteiger partial charge is 0.488 e. The number of carboxylic acid groups (broad SMARTS) is 1. The van der Waals surface area contributed by atoms with E-state index in [1.807, 2.05) is 6.92 Å². The number of ether oxygens (including phenoxy) is 1. The van der Waals surface area contributed by atoms with Crippen molar-refractivity contribution in [1.82, 2.24) is 5.32 Å². The number of hydrogen-bond donors (Lipinski definition) is 2. The lowest BCUT2D eigenvalue weighted by Crippen LogP contribution is -2.56. The van der Waals surface area contributed by atoms with Crippen LogP contribution in [-0.2, 0) is 4.79 Å². The number of hydrogen-bond acceptors (Lipinski definition) is 3. The van der Waals surface area contributed by atoms with Crippen LogP contribution in [0.3, 0.4) is 0 Å². The zero-order valence-electron chi connectivity index (χ0n) is 11.1. The molecule has 19 heavy (non-hydrogen) atoms. The second-order valence-corrected chi connectivity index (χ2v) is 5.02. The Morgan fingerprint density at radius 2 is 2.26 bits per heavy atom. The van der Waals surface area contributed by atoms with Crippen molar-refractivity contribution in [3.63, 3.8) is 0 Å². The van der Waals surface area contributed by atoms with E-state index < -0.39 is 17.3 Å². The number of nitrogens with one attached hydrogen (secondary N) is 1. The highest BCUT2D eigenvalue weighted by atomic mass is 19.1.